The van der Waals surface area contributed by atoms with Gasteiger partial charge in [-0.3, -0.25) is 4.98 Å². The van der Waals surface area contributed by atoms with Crippen LogP contribution in [0.15, 0.2) is 30.6 Å². The number of esters is 1. The largest absolute Gasteiger partial charge is 0.495 e. The summed E-state index contributed by atoms with van der Waals surface area (Å²) in [6, 6.07) is 6.95. The summed E-state index contributed by atoms with van der Waals surface area (Å²) in [4.78, 5) is 19.4. The Morgan fingerprint density at radius 2 is 2.14 bits per heavy atom. The van der Waals surface area contributed by atoms with E-state index in [4.69, 9.17) is 10.00 Å². The molecule has 1 aromatic heterocycles. The van der Waals surface area contributed by atoms with E-state index in [1.54, 1.807) is 18.2 Å². The molecule has 0 bridgehead atoms. The first-order valence-corrected chi connectivity index (χ1v) is 5.93. The van der Waals surface area contributed by atoms with Crippen molar-refractivity contribution in [2.45, 2.75) is 0 Å². The fourth-order valence-corrected chi connectivity index (χ4v) is 1.63. The van der Waals surface area contributed by atoms with Crippen LogP contribution in [0.25, 0.3) is 0 Å². The summed E-state index contributed by atoms with van der Waals surface area (Å²) < 4.78 is 9.79. The predicted molar refractivity (Wildman–Crippen MR) is 74.4 cm³/mol. The van der Waals surface area contributed by atoms with Gasteiger partial charge in [0.1, 0.15) is 11.6 Å². The van der Waals surface area contributed by atoms with E-state index in [0.717, 1.165) is 0 Å². The van der Waals surface area contributed by atoms with Gasteiger partial charge in [0.2, 0.25) is 0 Å². The van der Waals surface area contributed by atoms with Crippen LogP contribution in [-0.2, 0) is 4.74 Å². The van der Waals surface area contributed by atoms with Crippen LogP contribution in [0.5, 0.6) is 5.75 Å². The highest BCUT2D eigenvalue weighted by molar-refractivity contribution is 5.87. The normalized spacial score (nSPS) is 9.57. The molecular weight excluding hydrogens is 272 g/mol. The molecule has 1 aromatic carbocycles. The SMILES string of the molecule is COC(=O)c1cncc(Nc2ccc(C#N)cc2OC)n1. The van der Waals surface area contributed by atoms with Crippen molar-refractivity contribution in [3.05, 3.63) is 41.9 Å². The lowest BCUT2D eigenvalue weighted by Crippen LogP contribution is -2.07. The van der Waals surface area contributed by atoms with E-state index < -0.39 is 5.97 Å². The molecule has 0 saturated heterocycles. The van der Waals surface area contributed by atoms with Crippen molar-refractivity contribution in [2.24, 2.45) is 0 Å². The molecule has 0 radical (unpaired) electrons. The monoisotopic (exact) mass is 284 g/mol. The maximum absolute atomic E-state index is 11.4. The molecule has 7 nitrogen and oxygen atoms in total. The van der Waals surface area contributed by atoms with Crippen LogP contribution in [0.3, 0.4) is 0 Å². The first-order chi connectivity index (χ1) is 10.2. The molecule has 0 aliphatic carbocycles. The van der Waals surface area contributed by atoms with E-state index >= 15 is 0 Å². The van der Waals surface area contributed by atoms with Gasteiger partial charge in [0.25, 0.3) is 0 Å². The van der Waals surface area contributed by atoms with Crippen molar-refractivity contribution in [3.63, 3.8) is 0 Å². The molecule has 7 heteroatoms. The number of anilines is 2. The fourth-order valence-electron chi connectivity index (χ4n) is 1.63. The zero-order chi connectivity index (χ0) is 15.2. The summed E-state index contributed by atoms with van der Waals surface area (Å²) in [5.41, 5.74) is 1.18. The van der Waals surface area contributed by atoms with Gasteiger partial charge in [-0.2, -0.15) is 5.26 Å². The molecule has 2 rings (SSSR count). The van der Waals surface area contributed by atoms with Gasteiger partial charge in [-0.1, -0.05) is 0 Å². The summed E-state index contributed by atoms with van der Waals surface area (Å²) in [7, 11) is 2.77. The third kappa shape index (κ3) is 3.25. The number of benzene rings is 1. The first-order valence-electron chi connectivity index (χ1n) is 5.93. The number of nitrogens with one attached hydrogen (secondary N) is 1. The van der Waals surface area contributed by atoms with E-state index in [1.807, 2.05) is 6.07 Å². The lowest BCUT2D eigenvalue weighted by Gasteiger charge is -2.10. The van der Waals surface area contributed by atoms with Gasteiger partial charge >= 0.3 is 5.97 Å². The second-order valence-electron chi connectivity index (χ2n) is 3.93. The molecule has 21 heavy (non-hydrogen) atoms. The Labute approximate surface area is 121 Å². The highest BCUT2D eigenvalue weighted by Gasteiger charge is 2.10. The summed E-state index contributed by atoms with van der Waals surface area (Å²) in [5, 5.41) is 11.8. The molecule has 0 amide bonds. The number of hydrogen-bond acceptors (Lipinski definition) is 7. The molecule has 0 fully saturated rings. The standard InChI is InChI=1S/C14H12N4O3/c1-20-12-5-9(6-15)3-4-10(12)17-13-8-16-7-11(18-13)14(19)21-2/h3-5,7-8H,1-2H3,(H,17,18). The fraction of sp³-hybridized carbons (Fsp3) is 0.143. The highest BCUT2D eigenvalue weighted by atomic mass is 16.5. The smallest absolute Gasteiger partial charge is 0.358 e. The van der Waals surface area contributed by atoms with Crippen LogP contribution in [0, 0.1) is 11.3 Å². The van der Waals surface area contributed by atoms with Crippen molar-refractivity contribution in [1.82, 2.24) is 9.97 Å². The Balaban J connectivity index is 2.30. The topological polar surface area (TPSA) is 97.1 Å². The van der Waals surface area contributed by atoms with Gasteiger partial charge in [0.15, 0.2) is 5.69 Å². The van der Waals surface area contributed by atoms with Crippen LogP contribution in [0.4, 0.5) is 11.5 Å². The molecule has 0 aliphatic heterocycles. The zero-order valence-corrected chi connectivity index (χ0v) is 11.5. The molecule has 0 spiro atoms. The number of carbonyl (C=O) groups is 1. The average molecular weight is 284 g/mol. The van der Waals surface area contributed by atoms with Crippen LogP contribution < -0.4 is 10.1 Å². The summed E-state index contributed by atoms with van der Waals surface area (Å²) in [5.74, 6) is 0.276. The molecule has 1 N–H and O–H groups in total. The number of nitrogens with zero attached hydrogens (tertiary/aromatic N) is 3. The van der Waals surface area contributed by atoms with Crippen molar-refractivity contribution < 1.29 is 14.3 Å². The minimum atomic E-state index is -0.571. The second kappa shape index (κ2) is 6.34. The van der Waals surface area contributed by atoms with E-state index in [-0.39, 0.29) is 5.69 Å². The Hall–Kier alpha value is -3.14. The van der Waals surface area contributed by atoms with Crippen molar-refractivity contribution in [1.29, 1.82) is 5.26 Å². The van der Waals surface area contributed by atoms with E-state index in [9.17, 15) is 4.79 Å². The molecule has 2 aromatic rings. The van der Waals surface area contributed by atoms with Gasteiger partial charge in [-0.15, -0.1) is 0 Å². The lowest BCUT2D eigenvalue weighted by atomic mass is 10.2. The number of rotatable bonds is 4. The molecule has 0 aliphatic rings. The zero-order valence-electron chi connectivity index (χ0n) is 11.5. The summed E-state index contributed by atoms with van der Waals surface area (Å²) >= 11 is 0. The van der Waals surface area contributed by atoms with Crippen molar-refractivity contribution >= 4 is 17.5 Å². The molecule has 1 heterocycles. The van der Waals surface area contributed by atoms with E-state index in [1.165, 1.54) is 26.6 Å². The second-order valence-corrected chi connectivity index (χ2v) is 3.93. The van der Waals surface area contributed by atoms with E-state index in [2.05, 4.69) is 20.0 Å². The Morgan fingerprint density at radius 1 is 1.33 bits per heavy atom. The van der Waals surface area contributed by atoms with Crippen LogP contribution in [0.1, 0.15) is 16.1 Å². The van der Waals surface area contributed by atoms with Gasteiger partial charge in [-0.05, 0) is 12.1 Å². The highest BCUT2D eigenvalue weighted by Crippen LogP contribution is 2.27. The Kier molecular flexibility index (Phi) is 4.31. The van der Waals surface area contributed by atoms with Crippen LogP contribution in [0.2, 0.25) is 0 Å². The number of aromatic nitrogens is 2. The van der Waals surface area contributed by atoms with Crippen LogP contribution in [-0.4, -0.2) is 30.2 Å². The van der Waals surface area contributed by atoms with Gasteiger partial charge in [-0.25, -0.2) is 9.78 Å². The van der Waals surface area contributed by atoms with Crippen molar-refractivity contribution in [3.8, 4) is 11.8 Å². The van der Waals surface area contributed by atoms with Crippen molar-refractivity contribution in [2.75, 3.05) is 19.5 Å². The lowest BCUT2D eigenvalue weighted by molar-refractivity contribution is 0.0593. The van der Waals surface area contributed by atoms with Gasteiger partial charge < -0.3 is 14.8 Å². The first kappa shape index (κ1) is 14.3. The molecule has 106 valence electrons. The Bertz CT molecular complexity index is 710. The number of nitriles is 1. The third-order valence-electron chi connectivity index (χ3n) is 2.62. The number of methoxy groups -OCH3 is 2. The number of carbonyl (C=O) groups excluding carboxylic acids is 1. The number of hydrogen-bond donors (Lipinski definition) is 1. The van der Waals surface area contributed by atoms with Gasteiger partial charge in [0, 0.05) is 6.07 Å². The molecule has 0 atom stereocenters. The molecule has 0 unspecified atom stereocenters. The molecular formula is C14H12N4O3. The molecule has 0 saturated carbocycles. The maximum atomic E-state index is 11.4. The average Bonchev–Trinajstić information content (AvgIpc) is 2.54. The minimum Gasteiger partial charge on any atom is -0.495 e. The van der Waals surface area contributed by atoms with E-state index in [0.29, 0.717) is 22.8 Å². The predicted octanol–water partition coefficient (Wildman–Crippen LogP) is 1.89. The Morgan fingerprint density at radius 3 is 2.81 bits per heavy atom. The third-order valence-corrected chi connectivity index (χ3v) is 2.62. The maximum Gasteiger partial charge on any atom is 0.358 e. The quantitative estimate of drug-likeness (QED) is 0.856. The minimum absolute atomic E-state index is 0.0927. The van der Waals surface area contributed by atoms with Gasteiger partial charge in [0.05, 0.1) is 43.9 Å². The summed E-state index contributed by atoms with van der Waals surface area (Å²) in [6.07, 6.45) is 2.77. The van der Waals surface area contributed by atoms with Crippen LogP contribution >= 0.6 is 0 Å². The summed E-state index contributed by atoms with van der Waals surface area (Å²) in [6.45, 7) is 0. The number of ether oxygens (including phenoxy) is 2.